The molecule has 2 saturated heterocycles. The van der Waals surface area contributed by atoms with Gasteiger partial charge in [0.15, 0.2) is 5.16 Å². The molecular weight excluding hydrogens is 510 g/mol. The number of sulfonamides is 1. The number of benzene rings is 2. The maximum Gasteiger partial charge on any atom is 0.243 e. The predicted molar refractivity (Wildman–Crippen MR) is 130 cm³/mol. The van der Waals surface area contributed by atoms with Gasteiger partial charge in [0.05, 0.1) is 28.6 Å². The zero-order chi connectivity index (χ0) is 22.1. The molecule has 0 radical (unpaired) electrons. The summed E-state index contributed by atoms with van der Waals surface area (Å²) < 4.78 is 36.8. The summed E-state index contributed by atoms with van der Waals surface area (Å²) in [4.78, 5) is 5.20. The van der Waals surface area contributed by atoms with Crippen molar-refractivity contribution in [3.05, 3.63) is 52.5 Å². The molecular formula is C23H26BrN3O3S2. The second kappa shape index (κ2) is 9.46. The quantitative estimate of drug-likeness (QED) is 0.396. The number of imidazole rings is 1. The first-order valence-electron chi connectivity index (χ1n) is 11.0. The average molecular weight is 537 g/mol. The third-order valence-electron chi connectivity index (χ3n) is 6.08. The molecule has 0 aliphatic carbocycles. The summed E-state index contributed by atoms with van der Waals surface area (Å²) in [6, 6.07) is 13.7. The van der Waals surface area contributed by atoms with Crippen LogP contribution < -0.4 is 0 Å². The van der Waals surface area contributed by atoms with Gasteiger partial charge in [-0.2, -0.15) is 4.31 Å². The van der Waals surface area contributed by atoms with Gasteiger partial charge in [-0.25, -0.2) is 13.4 Å². The van der Waals surface area contributed by atoms with E-state index >= 15 is 0 Å². The Hall–Kier alpha value is -1.39. The highest BCUT2D eigenvalue weighted by Crippen LogP contribution is 2.31. The molecule has 32 heavy (non-hydrogen) atoms. The lowest BCUT2D eigenvalue weighted by Crippen LogP contribution is -2.27. The first kappa shape index (κ1) is 22.4. The van der Waals surface area contributed by atoms with Crippen molar-refractivity contribution < 1.29 is 13.2 Å². The molecule has 0 spiro atoms. The minimum atomic E-state index is -3.47. The van der Waals surface area contributed by atoms with E-state index in [4.69, 9.17) is 9.72 Å². The van der Waals surface area contributed by atoms with E-state index in [0.29, 0.717) is 18.0 Å². The fraction of sp³-hybridized carbons (Fsp3) is 0.435. The molecule has 0 saturated carbocycles. The Morgan fingerprint density at radius 2 is 1.88 bits per heavy atom. The van der Waals surface area contributed by atoms with Crippen molar-refractivity contribution in [2.24, 2.45) is 0 Å². The van der Waals surface area contributed by atoms with Crippen LogP contribution in [0.2, 0.25) is 0 Å². The SMILES string of the molecule is O=S(=O)(c1ccc2c(c1)nc(SCc1ccc(Br)cc1)n2C[C@H]1CCCO1)N1CCCC1. The number of halogens is 1. The summed E-state index contributed by atoms with van der Waals surface area (Å²) >= 11 is 5.16. The lowest BCUT2D eigenvalue weighted by atomic mass is 10.2. The lowest BCUT2D eigenvalue weighted by molar-refractivity contribution is 0.0960. The van der Waals surface area contributed by atoms with Crippen LogP contribution in [0, 0.1) is 0 Å². The van der Waals surface area contributed by atoms with Crippen LogP contribution in [0.25, 0.3) is 11.0 Å². The highest BCUT2D eigenvalue weighted by molar-refractivity contribution is 9.10. The van der Waals surface area contributed by atoms with E-state index in [1.165, 1.54) is 5.56 Å². The van der Waals surface area contributed by atoms with Crippen LogP contribution in [-0.2, 0) is 27.1 Å². The molecule has 2 aliphatic heterocycles. The predicted octanol–water partition coefficient (Wildman–Crippen LogP) is 5.05. The van der Waals surface area contributed by atoms with Crippen LogP contribution in [-0.4, -0.2) is 48.1 Å². The van der Waals surface area contributed by atoms with Crippen molar-refractivity contribution in [3.63, 3.8) is 0 Å². The molecule has 3 aromatic rings. The molecule has 2 aliphatic rings. The number of fused-ring (bicyclic) bond motifs is 1. The molecule has 170 valence electrons. The molecule has 6 nitrogen and oxygen atoms in total. The van der Waals surface area contributed by atoms with Gasteiger partial charge in [-0.15, -0.1) is 0 Å². The fourth-order valence-corrected chi connectivity index (χ4v) is 7.11. The van der Waals surface area contributed by atoms with Gasteiger partial charge in [0.2, 0.25) is 10.0 Å². The first-order chi connectivity index (χ1) is 15.5. The number of hydrogen-bond donors (Lipinski definition) is 0. The van der Waals surface area contributed by atoms with E-state index in [1.54, 1.807) is 28.2 Å². The van der Waals surface area contributed by atoms with Crippen molar-refractivity contribution in [2.75, 3.05) is 19.7 Å². The number of rotatable bonds is 7. The summed E-state index contributed by atoms with van der Waals surface area (Å²) in [6.45, 7) is 2.73. The monoisotopic (exact) mass is 535 g/mol. The Bertz CT molecular complexity index is 1200. The van der Waals surface area contributed by atoms with Crippen LogP contribution in [0.15, 0.2) is 57.0 Å². The summed E-state index contributed by atoms with van der Waals surface area (Å²) in [5, 5.41) is 0.897. The average Bonchev–Trinajstić information content (AvgIpc) is 3.56. The van der Waals surface area contributed by atoms with Crippen LogP contribution >= 0.6 is 27.7 Å². The topological polar surface area (TPSA) is 64.4 Å². The molecule has 9 heteroatoms. The van der Waals surface area contributed by atoms with E-state index in [1.807, 2.05) is 18.2 Å². The Kier molecular flexibility index (Phi) is 6.63. The van der Waals surface area contributed by atoms with Gasteiger partial charge in [0.1, 0.15) is 0 Å². The minimum Gasteiger partial charge on any atom is -0.376 e. The van der Waals surface area contributed by atoms with E-state index in [0.717, 1.165) is 65.3 Å². The second-order valence-electron chi connectivity index (χ2n) is 8.32. The smallest absolute Gasteiger partial charge is 0.243 e. The highest BCUT2D eigenvalue weighted by Gasteiger charge is 2.28. The van der Waals surface area contributed by atoms with E-state index < -0.39 is 10.0 Å². The Morgan fingerprint density at radius 1 is 1.09 bits per heavy atom. The largest absolute Gasteiger partial charge is 0.376 e. The molecule has 0 unspecified atom stereocenters. The second-order valence-corrected chi connectivity index (χ2v) is 12.1. The number of hydrogen-bond acceptors (Lipinski definition) is 5. The van der Waals surface area contributed by atoms with Gasteiger partial charge in [0.25, 0.3) is 0 Å². The molecule has 0 amide bonds. The molecule has 0 bridgehead atoms. The zero-order valence-electron chi connectivity index (χ0n) is 17.7. The molecule has 2 fully saturated rings. The third-order valence-corrected chi connectivity index (χ3v) is 9.55. The van der Waals surface area contributed by atoms with Crippen molar-refractivity contribution in [1.29, 1.82) is 0 Å². The zero-order valence-corrected chi connectivity index (χ0v) is 21.0. The van der Waals surface area contributed by atoms with Gasteiger partial charge < -0.3 is 9.30 Å². The van der Waals surface area contributed by atoms with Gasteiger partial charge in [-0.1, -0.05) is 39.8 Å². The standard InChI is InChI=1S/C23H26BrN3O3S2/c24-18-7-5-17(6-8-18)16-31-23-25-21-14-20(32(28,29)26-11-1-2-12-26)9-10-22(21)27(23)15-19-4-3-13-30-19/h5-10,14,19H,1-4,11-13,15-16H2/t19-/m1/s1. The molecule has 1 aromatic heterocycles. The van der Waals surface area contributed by atoms with Crippen LogP contribution in [0.1, 0.15) is 31.2 Å². The van der Waals surface area contributed by atoms with Crippen LogP contribution in [0.4, 0.5) is 0 Å². The minimum absolute atomic E-state index is 0.174. The molecule has 0 N–H and O–H groups in total. The van der Waals surface area contributed by atoms with Crippen molar-refractivity contribution in [1.82, 2.24) is 13.9 Å². The van der Waals surface area contributed by atoms with E-state index in [-0.39, 0.29) is 6.10 Å². The number of aromatic nitrogens is 2. The Balaban J connectivity index is 1.47. The lowest BCUT2D eigenvalue weighted by Gasteiger charge is -2.16. The van der Waals surface area contributed by atoms with E-state index in [9.17, 15) is 8.42 Å². The summed E-state index contributed by atoms with van der Waals surface area (Å²) in [5.74, 6) is 0.793. The third kappa shape index (κ3) is 4.63. The van der Waals surface area contributed by atoms with Crippen LogP contribution in [0.5, 0.6) is 0 Å². The maximum absolute atomic E-state index is 13.0. The number of nitrogens with zero attached hydrogens (tertiary/aromatic N) is 3. The number of thioether (sulfide) groups is 1. The molecule has 2 aromatic carbocycles. The summed E-state index contributed by atoms with van der Waals surface area (Å²) in [6.07, 6.45) is 4.14. The summed E-state index contributed by atoms with van der Waals surface area (Å²) in [5.41, 5.74) is 2.90. The Labute approximate surface area is 201 Å². The van der Waals surface area contributed by atoms with Gasteiger partial charge in [-0.05, 0) is 61.6 Å². The number of ether oxygens (including phenoxy) is 1. The van der Waals surface area contributed by atoms with Gasteiger partial charge in [0, 0.05) is 29.9 Å². The fourth-order valence-electron chi connectivity index (χ4n) is 4.33. The summed E-state index contributed by atoms with van der Waals surface area (Å²) in [7, 11) is -3.47. The Morgan fingerprint density at radius 3 is 2.59 bits per heavy atom. The maximum atomic E-state index is 13.0. The van der Waals surface area contributed by atoms with Crippen LogP contribution in [0.3, 0.4) is 0 Å². The highest BCUT2D eigenvalue weighted by atomic mass is 79.9. The molecule has 5 rings (SSSR count). The van der Waals surface area contributed by atoms with Gasteiger partial charge in [-0.3, -0.25) is 0 Å². The van der Waals surface area contributed by atoms with Crippen molar-refractivity contribution in [3.8, 4) is 0 Å². The van der Waals surface area contributed by atoms with Crippen molar-refractivity contribution >= 4 is 48.7 Å². The first-order valence-corrected chi connectivity index (χ1v) is 14.2. The normalized spacial score (nSPS) is 19.8. The molecule has 3 heterocycles. The van der Waals surface area contributed by atoms with E-state index in [2.05, 4.69) is 32.6 Å². The van der Waals surface area contributed by atoms with Crippen molar-refractivity contribution in [2.45, 2.75) is 54.1 Å². The molecule has 1 atom stereocenters. The van der Waals surface area contributed by atoms with Gasteiger partial charge >= 0.3 is 0 Å².